The molecule has 0 bridgehead atoms. The van der Waals surface area contributed by atoms with Crippen LogP contribution in [0, 0.1) is 0 Å². The van der Waals surface area contributed by atoms with E-state index in [4.69, 9.17) is 0 Å². The van der Waals surface area contributed by atoms with Gasteiger partial charge < -0.3 is 5.32 Å². The molecular weight excluding hydrogens is 224 g/mol. The molecule has 1 aliphatic rings. The number of nitrogens with one attached hydrogen (secondary N) is 1. The van der Waals surface area contributed by atoms with Crippen LogP contribution < -0.4 is 5.32 Å². The fourth-order valence-corrected chi connectivity index (χ4v) is 2.28. The molecule has 0 unspecified atom stereocenters. The molecule has 0 atom stereocenters. The largest absolute Gasteiger partial charge is 0.354 e. The molecular formula is C10H16N4OS. The van der Waals surface area contributed by atoms with E-state index in [2.05, 4.69) is 19.8 Å². The zero-order chi connectivity index (χ0) is 11.6. The van der Waals surface area contributed by atoms with Crippen molar-refractivity contribution in [2.75, 3.05) is 13.1 Å². The highest BCUT2D eigenvalue weighted by molar-refractivity contribution is 7.03. The van der Waals surface area contributed by atoms with Crippen molar-refractivity contribution in [3.05, 3.63) is 11.1 Å². The molecule has 16 heavy (non-hydrogen) atoms. The van der Waals surface area contributed by atoms with Gasteiger partial charge in [-0.1, -0.05) is 4.49 Å². The van der Waals surface area contributed by atoms with Crippen LogP contribution in [0.25, 0.3) is 0 Å². The van der Waals surface area contributed by atoms with Gasteiger partial charge in [-0.15, -0.1) is 5.10 Å². The minimum absolute atomic E-state index is 0.0909. The molecule has 6 heteroatoms. The van der Waals surface area contributed by atoms with Crippen LogP contribution in [-0.2, 0) is 11.3 Å². The summed E-state index contributed by atoms with van der Waals surface area (Å²) in [6.45, 7) is 6.26. The molecule has 1 aromatic rings. The van der Waals surface area contributed by atoms with E-state index in [0.717, 1.165) is 25.2 Å². The maximum atomic E-state index is 11.9. The van der Waals surface area contributed by atoms with Crippen molar-refractivity contribution >= 4 is 17.4 Å². The zero-order valence-electron chi connectivity index (χ0n) is 9.56. The van der Waals surface area contributed by atoms with Crippen LogP contribution in [0.4, 0.5) is 0 Å². The van der Waals surface area contributed by atoms with Crippen LogP contribution in [0.15, 0.2) is 5.38 Å². The van der Waals surface area contributed by atoms with E-state index in [0.29, 0.717) is 6.54 Å². The summed E-state index contributed by atoms with van der Waals surface area (Å²) in [6, 6.07) is 0. The summed E-state index contributed by atoms with van der Waals surface area (Å²) in [5.41, 5.74) is 0.466. The highest BCUT2D eigenvalue weighted by atomic mass is 32.1. The topological polar surface area (TPSA) is 58.1 Å². The standard InChI is InChI=1S/C10H16N4OS/c1-10(2)9(15)11-4-3-5-14(10)6-8-7-16-13-12-8/h7H,3-6H2,1-2H3,(H,11,15). The van der Waals surface area contributed by atoms with E-state index in [-0.39, 0.29) is 5.91 Å². The van der Waals surface area contributed by atoms with Crippen LogP contribution in [0.1, 0.15) is 26.0 Å². The summed E-state index contributed by atoms with van der Waals surface area (Å²) < 4.78 is 3.84. The van der Waals surface area contributed by atoms with E-state index >= 15 is 0 Å². The molecule has 0 spiro atoms. The lowest BCUT2D eigenvalue weighted by Crippen LogP contribution is -2.52. The second-order valence-corrected chi connectivity index (χ2v) is 5.10. The maximum Gasteiger partial charge on any atom is 0.239 e. The van der Waals surface area contributed by atoms with Crippen molar-refractivity contribution in [3.8, 4) is 0 Å². The van der Waals surface area contributed by atoms with Gasteiger partial charge in [0, 0.05) is 25.0 Å². The summed E-state index contributed by atoms with van der Waals surface area (Å²) in [7, 11) is 0. The van der Waals surface area contributed by atoms with Gasteiger partial charge in [0.2, 0.25) is 5.91 Å². The highest BCUT2D eigenvalue weighted by Crippen LogP contribution is 2.20. The third-order valence-corrected chi connectivity index (χ3v) is 3.55. The Morgan fingerprint density at radius 1 is 1.62 bits per heavy atom. The van der Waals surface area contributed by atoms with Gasteiger partial charge in [-0.05, 0) is 31.8 Å². The van der Waals surface area contributed by atoms with E-state index < -0.39 is 5.54 Å². The number of nitrogens with zero attached hydrogens (tertiary/aromatic N) is 3. The van der Waals surface area contributed by atoms with E-state index in [9.17, 15) is 4.79 Å². The summed E-state index contributed by atoms with van der Waals surface area (Å²) >= 11 is 1.35. The van der Waals surface area contributed by atoms with Crippen LogP contribution in [0.5, 0.6) is 0 Å². The Labute approximate surface area is 99.0 Å². The molecule has 0 saturated carbocycles. The molecule has 5 nitrogen and oxygen atoms in total. The number of hydrogen-bond donors (Lipinski definition) is 1. The summed E-state index contributed by atoms with van der Waals surface area (Å²) in [5.74, 6) is 0.0909. The Hall–Kier alpha value is -1.01. The summed E-state index contributed by atoms with van der Waals surface area (Å²) in [5, 5.41) is 8.89. The second-order valence-electron chi connectivity index (χ2n) is 4.49. The van der Waals surface area contributed by atoms with E-state index in [1.54, 1.807) is 0 Å². The molecule has 0 radical (unpaired) electrons. The number of amides is 1. The molecule has 1 amide bonds. The van der Waals surface area contributed by atoms with Gasteiger partial charge in [0.15, 0.2) is 0 Å². The number of carbonyl (C=O) groups excluding carboxylic acids is 1. The normalized spacial score (nSPS) is 21.5. The Bertz CT molecular complexity index is 363. The third kappa shape index (κ3) is 2.22. The lowest BCUT2D eigenvalue weighted by molar-refractivity contribution is -0.130. The first-order valence-electron chi connectivity index (χ1n) is 5.40. The molecule has 1 aliphatic heterocycles. The Kier molecular flexibility index (Phi) is 3.20. The summed E-state index contributed by atoms with van der Waals surface area (Å²) in [4.78, 5) is 14.0. The molecule has 1 aromatic heterocycles. The lowest BCUT2D eigenvalue weighted by atomic mass is 10.0. The Balaban J connectivity index is 2.14. The number of carbonyl (C=O) groups is 1. The number of aromatic nitrogens is 2. The van der Waals surface area contributed by atoms with Crippen LogP contribution in [0.2, 0.25) is 0 Å². The van der Waals surface area contributed by atoms with Crippen LogP contribution in [0.3, 0.4) is 0 Å². The van der Waals surface area contributed by atoms with Crippen molar-refractivity contribution in [2.24, 2.45) is 0 Å². The first-order valence-corrected chi connectivity index (χ1v) is 6.23. The number of hydrogen-bond acceptors (Lipinski definition) is 5. The zero-order valence-corrected chi connectivity index (χ0v) is 10.4. The van der Waals surface area contributed by atoms with Gasteiger partial charge in [-0.25, -0.2) is 0 Å². The monoisotopic (exact) mass is 240 g/mol. The second kappa shape index (κ2) is 4.47. The van der Waals surface area contributed by atoms with Gasteiger partial charge in [-0.2, -0.15) is 0 Å². The molecule has 2 heterocycles. The SMILES string of the molecule is CC1(C)C(=O)NCCCN1Cc1csnn1. The average Bonchev–Trinajstić information content (AvgIpc) is 2.70. The smallest absolute Gasteiger partial charge is 0.239 e. The fraction of sp³-hybridized carbons (Fsp3) is 0.700. The predicted octanol–water partition coefficient (Wildman–Crippen LogP) is 0.639. The predicted molar refractivity (Wildman–Crippen MR) is 62.0 cm³/mol. The van der Waals surface area contributed by atoms with Crippen molar-refractivity contribution in [1.29, 1.82) is 0 Å². The molecule has 0 aliphatic carbocycles. The number of rotatable bonds is 2. The van der Waals surface area contributed by atoms with E-state index in [1.807, 2.05) is 19.2 Å². The first-order chi connectivity index (χ1) is 7.60. The minimum Gasteiger partial charge on any atom is -0.354 e. The Morgan fingerprint density at radius 2 is 2.44 bits per heavy atom. The van der Waals surface area contributed by atoms with Crippen LogP contribution >= 0.6 is 11.5 Å². The summed E-state index contributed by atoms with van der Waals surface area (Å²) in [6.07, 6.45) is 0.979. The highest BCUT2D eigenvalue weighted by Gasteiger charge is 2.36. The fourth-order valence-electron chi connectivity index (χ4n) is 1.84. The lowest BCUT2D eigenvalue weighted by Gasteiger charge is -2.34. The molecule has 0 aromatic carbocycles. The Morgan fingerprint density at radius 3 is 3.12 bits per heavy atom. The molecule has 2 rings (SSSR count). The van der Waals surface area contributed by atoms with Crippen molar-refractivity contribution < 1.29 is 4.79 Å². The van der Waals surface area contributed by atoms with Gasteiger partial charge >= 0.3 is 0 Å². The first kappa shape index (κ1) is 11.5. The van der Waals surface area contributed by atoms with Crippen molar-refractivity contribution in [2.45, 2.75) is 32.4 Å². The van der Waals surface area contributed by atoms with E-state index in [1.165, 1.54) is 11.5 Å². The third-order valence-electron chi connectivity index (χ3n) is 2.99. The van der Waals surface area contributed by atoms with Gasteiger partial charge in [0.1, 0.15) is 0 Å². The van der Waals surface area contributed by atoms with Gasteiger partial charge in [-0.3, -0.25) is 9.69 Å². The molecule has 1 saturated heterocycles. The van der Waals surface area contributed by atoms with Crippen molar-refractivity contribution in [1.82, 2.24) is 19.8 Å². The van der Waals surface area contributed by atoms with Gasteiger partial charge in [0.25, 0.3) is 0 Å². The molecule has 1 fully saturated rings. The van der Waals surface area contributed by atoms with Crippen LogP contribution in [-0.4, -0.2) is 39.0 Å². The average molecular weight is 240 g/mol. The maximum absolute atomic E-state index is 11.9. The molecule has 1 N–H and O–H groups in total. The minimum atomic E-state index is -0.472. The molecule has 88 valence electrons. The van der Waals surface area contributed by atoms with Crippen molar-refractivity contribution in [3.63, 3.8) is 0 Å². The van der Waals surface area contributed by atoms with Gasteiger partial charge in [0.05, 0.1) is 11.2 Å². The quantitative estimate of drug-likeness (QED) is 0.824.